The molecule has 4 nitrogen and oxygen atoms in total. The summed E-state index contributed by atoms with van der Waals surface area (Å²) in [5, 5.41) is 0. The van der Waals surface area contributed by atoms with Crippen LogP contribution in [0.1, 0.15) is 53.4 Å². The number of hydrogen-bond donors (Lipinski definition) is 0. The fraction of sp³-hybridized carbons (Fsp3) is 0.625. The zero-order valence-corrected chi connectivity index (χ0v) is 13.6. The van der Waals surface area contributed by atoms with Crippen LogP contribution in [0.5, 0.6) is 0 Å². The Kier molecular flexibility index (Phi) is 14.3. The summed E-state index contributed by atoms with van der Waals surface area (Å²) < 4.78 is 8.90. The maximum absolute atomic E-state index is 10.6. The zero-order valence-electron chi connectivity index (χ0n) is 13.6. The molecule has 0 aliphatic rings. The maximum Gasteiger partial charge on any atom is 0.330 e. The Morgan fingerprint density at radius 3 is 1.30 bits per heavy atom. The average molecular weight is 284 g/mol. The minimum Gasteiger partial charge on any atom is -0.466 e. The summed E-state index contributed by atoms with van der Waals surface area (Å²) in [4.78, 5) is 21.2. The maximum atomic E-state index is 10.6. The number of ether oxygens (including phenoxy) is 2. The largest absolute Gasteiger partial charge is 0.466 e. The monoisotopic (exact) mass is 284 g/mol. The number of esters is 2. The van der Waals surface area contributed by atoms with Gasteiger partial charge in [-0.05, 0) is 26.7 Å². The van der Waals surface area contributed by atoms with Crippen molar-refractivity contribution in [1.29, 1.82) is 0 Å². The van der Waals surface area contributed by atoms with E-state index < -0.39 is 0 Å². The van der Waals surface area contributed by atoms with Gasteiger partial charge in [0.25, 0.3) is 0 Å². The van der Waals surface area contributed by atoms with E-state index in [2.05, 4.69) is 23.3 Å². The van der Waals surface area contributed by atoms with Crippen molar-refractivity contribution in [2.24, 2.45) is 0 Å². The Balaban J connectivity index is 0. The standard InChI is InChI=1S/2C8H14O2/c2*1-4-5-7(2)6-8(9)10-3/h2*6H,4-5H2,1-3H3/b7-6+;7-6-. The van der Waals surface area contributed by atoms with Crippen LogP contribution in [0.4, 0.5) is 0 Å². The molecule has 0 unspecified atom stereocenters. The van der Waals surface area contributed by atoms with Crippen molar-refractivity contribution in [3.05, 3.63) is 23.3 Å². The molecule has 0 aliphatic heterocycles. The van der Waals surface area contributed by atoms with E-state index in [-0.39, 0.29) is 11.9 Å². The summed E-state index contributed by atoms with van der Waals surface area (Å²) in [6, 6.07) is 0. The lowest BCUT2D eigenvalue weighted by Crippen LogP contribution is -1.95. The van der Waals surface area contributed by atoms with E-state index in [9.17, 15) is 9.59 Å². The highest BCUT2D eigenvalue weighted by atomic mass is 16.5. The van der Waals surface area contributed by atoms with Crippen molar-refractivity contribution in [3.8, 4) is 0 Å². The van der Waals surface area contributed by atoms with Gasteiger partial charge in [-0.15, -0.1) is 0 Å². The van der Waals surface area contributed by atoms with Crippen molar-refractivity contribution in [2.45, 2.75) is 53.4 Å². The van der Waals surface area contributed by atoms with Crippen LogP contribution in [-0.2, 0) is 19.1 Å². The number of hydrogen-bond acceptors (Lipinski definition) is 4. The predicted octanol–water partition coefficient (Wildman–Crippen LogP) is 3.81. The molecule has 0 spiro atoms. The Morgan fingerprint density at radius 2 is 1.10 bits per heavy atom. The normalized spacial score (nSPS) is 11.3. The van der Waals surface area contributed by atoms with Crippen molar-refractivity contribution >= 4 is 11.9 Å². The quantitative estimate of drug-likeness (QED) is 0.549. The number of carbonyl (C=O) groups is 2. The number of carbonyl (C=O) groups excluding carboxylic acids is 2. The highest BCUT2D eigenvalue weighted by Crippen LogP contribution is 2.02. The predicted molar refractivity (Wildman–Crippen MR) is 81.4 cm³/mol. The van der Waals surface area contributed by atoms with Gasteiger partial charge in [-0.2, -0.15) is 0 Å². The molecule has 0 atom stereocenters. The van der Waals surface area contributed by atoms with Crippen LogP contribution < -0.4 is 0 Å². The third-order valence-corrected chi connectivity index (χ3v) is 2.42. The van der Waals surface area contributed by atoms with Gasteiger partial charge < -0.3 is 9.47 Å². The van der Waals surface area contributed by atoms with E-state index in [1.54, 1.807) is 0 Å². The van der Waals surface area contributed by atoms with Crippen molar-refractivity contribution in [2.75, 3.05) is 14.2 Å². The fourth-order valence-electron chi connectivity index (χ4n) is 1.45. The first-order chi connectivity index (χ1) is 9.40. The molecule has 20 heavy (non-hydrogen) atoms. The van der Waals surface area contributed by atoms with Gasteiger partial charge >= 0.3 is 11.9 Å². The second-order valence-corrected chi connectivity index (χ2v) is 4.53. The van der Waals surface area contributed by atoms with Crippen LogP contribution >= 0.6 is 0 Å². The van der Waals surface area contributed by atoms with Crippen molar-refractivity contribution in [3.63, 3.8) is 0 Å². The molecule has 0 aromatic rings. The zero-order chi connectivity index (χ0) is 16.0. The minimum absolute atomic E-state index is 0.258. The Labute approximate surface area is 122 Å². The van der Waals surface area contributed by atoms with E-state index >= 15 is 0 Å². The van der Waals surface area contributed by atoms with E-state index in [0.29, 0.717) is 0 Å². The van der Waals surface area contributed by atoms with Crippen LogP contribution in [0.25, 0.3) is 0 Å². The molecule has 0 radical (unpaired) electrons. The molecule has 0 N–H and O–H groups in total. The van der Waals surface area contributed by atoms with E-state index in [1.807, 2.05) is 13.8 Å². The van der Waals surface area contributed by atoms with Gasteiger partial charge in [0.05, 0.1) is 14.2 Å². The van der Waals surface area contributed by atoms with Crippen LogP contribution in [0.2, 0.25) is 0 Å². The molecule has 0 fully saturated rings. The molecule has 116 valence electrons. The molecule has 0 saturated heterocycles. The van der Waals surface area contributed by atoms with Crippen LogP contribution in [-0.4, -0.2) is 26.2 Å². The molecule has 4 heteroatoms. The van der Waals surface area contributed by atoms with Crippen molar-refractivity contribution in [1.82, 2.24) is 0 Å². The van der Waals surface area contributed by atoms with Gasteiger partial charge in [0, 0.05) is 12.2 Å². The lowest BCUT2D eigenvalue weighted by molar-refractivity contribution is -0.135. The second kappa shape index (κ2) is 13.8. The number of methoxy groups -OCH3 is 2. The molecule has 0 aliphatic carbocycles. The van der Waals surface area contributed by atoms with Gasteiger partial charge in [-0.3, -0.25) is 0 Å². The molecular formula is C16H28O4. The lowest BCUT2D eigenvalue weighted by Gasteiger charge is -1.95. The van der Waals surface area contributed by atoms with Crippen LogP contribution in [0, 0.1) is 0 Å². The molecule has 0 rings (SSSR count). The van der Waals surface area contributed by atoms with E-state index in [1.165, 1.54) is 26.4 Å². The number of rotatable bonds is 6. The topological polar surface area (TPSA) is 52.6 Å². The summed E-state index contributed by atoms with van der Waals surface area (Å²) in [6.07, 6.45) is 7.13. The molecule has 0 bridgehead atoms. The van der Waals surface area contributed by atoms with E-state index in [0.717, 1.165) is 36.8 Å². The fourth-order valence-corrected chi connectivity index (χ4v) is 1.45. The molecule has 0 heterocycles. The molecule has 0 aromatic carbocycles. The van der Waals surface area contributed by atoms with Crippen molar-refractivity contribution < 1.29 is 19.1 Å². The first kappa shape index (κ1) is 20.7. The molecular weight excluding hydrogens is 256 g/mol. The first-order valence-electron chi connectivity index (χ1n) is 6.91. The summed E-state index contributed by atoms with van der Waals surface area (Å²) in [6.45, 7) is 8.02. The number of allylic oxidation sites excluding steroid dienone is 2. The van der Waals surface area contributed by atoms with E-state index in [4.69, 9.17) is 0 Å². The minimum atomic E-state index is -0.258. The first-order valence-corrected chi connectivity index (χ1v) is 6.91. The molecule has 0 amide bonds. The summed E-state index contributed by atoms with van der Waals surface area (Å²) in [5.41, 5.74) is 2.16. The lowest BCUT2D eigenvalue weighted by atomic mass is 10.2. The Morgan fingerprint density at radius 1 is 0.800 bits per heavy atom. The van der Waals surface area contributed by atoms with Gasteiger partial charge in [0.2, 0.25) is 0 Å². The highest BCUT2D eigenvalue weighted by Gasteiger charge is 1.94. The second-order valence-electron chi connectivity index (χ2n) is 4.53. The molecule has 0 aromatic heterocycles. The van der Waals surface area contributed by atoms with Gasteiger partial charge in [-0.25, -0.2) is 9.59 Å². The van der Waals surface area contributed by atoms with Crippen LogP contribution in [0.15, 0.2) is 23.3 Å². The summed E-state index contributed by atoms with van der Waals surface area (Å²) in [7, 11) is 2.77. The van der Waals surface area contributed by atoms with Gasteiger partial charge in [-0.1, -0.05) is 37.8 Å². The third-order valence-electron chi connectivity index (χ3n) is 2.42. The SMILES string of the molecule is CCC/C(C)=C/C(=O)OC.CCC/C(C)=C\C(=O)OC. The molecule has 0 saturated carbocycles. The average Bonchev–Trinajstić information content (AvgIpc) is 2.39. The Bertz CT molecular complexity index is 306. The van der Waals surface area contributed by atoms with Gasteiger partial charge in [0.1, 0.15) is 0 Å². The third kappa shape index (κ3) is 14.5. The highest BCUT2D eigenvalue weighted by molar-refractivity contribution is 5.82. The van der Waals surface area contributed by atoms with Gasteiger partial charge in [0.15, 0.2) is 0 Å². The van der Waals surface area contributed by atoms with Crippen LogP contribution in [0.3, 0.4) is 0 Å². The smallest absolute Gasteiger partial charge is 0.330 e. The summed E-state index contributed by atoms with van der Waals surface area (Å²) >= 11 is 0. The summed E-state index contributed by atoms with van der Waals surface area (Å²) in [5.74, 6) is -0.517. The Hall–Kier alpha value is -1.58.